The first-order valence-corrected chi connectivity index (χ1v) is 9.11. The number of rotatable bonds is 4. The lowest BCUT2D eigenvalue weighted by atomic mass is 9.90. The van der Waals surface area contributed by atoms with Crippen molar-refractivity contribution in [2.75, 3.05) is 11.4 Å². The largest absolute Gasteiger partial charge is 0.295 e. The molecule has 3 heterocycles. The molecule has 1 saturated heterocycles. The van der Waals surface area contributed by atoms with Crippen LogP contribution in [0.1, 0.15) is 24.0 Å². The number of nitriles is 1. The Morgan fingerprint density at radius 3 is 2.82 bits per heavy atom. The molecule has 1 N–H and O–H groups in total. The van der Waals surface area contributed by atoms with Crippen LogP contribution in [0.3, 0.4) is 0 Å². The van der Waals surface area contributed by atoms with Gasteiger partial charge in [-0.2, -0.15) is 10.4 Å². The Labute approximate surface area is 161 Å². The number of pyridine rings is 1. The molecule has 6 nitrogen and oxygen atoms in total. The van der Waals surface area contributed by atoms with Crippen molar-refractivity contribution in [3.63, 3.8) is 0 Å². The summed E-state index contributed by atoms with van der Waals surface area (Å²) in [5.74, 6) is -0.201. The van der Waals surface area contributed by atoms with Crippen LogP contribution in [0.2, 0.25) is 0 Å². The highest BCUT2D eigenvalue weighted by atomic mass is 19.1. The van der Waals surface area contributed by atoms with Crippen LogP contribution in [0.25, 0.3) is 11.3 Å². The molecule has 0 bridgehead atoms. The molecule has 1 aromatic carbocycles. The van der Waals surface area contributed by atoms with Crippen molar-refractivity contribution in [1.82, 2.24) is 15.2 Å². The maximum atomic E-state index is 13.9. The smallest absolute Gasteiger partial charge is 0.231 e. The second kappa shape index (κ2) is 7.61. The van der Waals surface area contributed by atoms with E-state index >= 15 is 0 Å². The van der Waals surface area contributed by atoms with Gasteiger partial charge in [-0.05, 0) is 49.1 Å². The van der Waals surface area contributed by atoms with Crippen LogP contribution >= 0.6 is 0 Å². The number of hydrogen-bond acceptors (Lipinski definition) is 4. The summed E-state index contributed by atoms with van der Waals surface area (Å²) in [5, 5.41) is 16.1. The van der Waals surface area contributed by atoms with Crippen LogP contribution < -0.4 is 4.90 Å². The second-order valence-corrected chi connectivity index (χ2v) is 6.83. The summed E-state index contributed by atoms with van der Waals surface area (Å²) in [6.45, 7) is 0.609. The minimum absolute atomic E-state index is 0.0104. The lowest BCUT2D eigenvalue weighted by molar-refractivity contribution is -0.123. The topological polar surface area (TPSA) is 85.7 Å². The van der Waals surface area contributed by atoms with Gasteiger partial charge in [0.1, 0.15) is 11.9 Å². The predicted octanol–water partition coefficient (Wildman–Crippen LogP) is 3.47. The number of nitrogens with zero attached hydrogens (tertiary/aromatic N) is 4. The van der Waals surface area contributed by atoms with Crippen LogP contribution in [0.4, 0.5) is 10.2 Å². The summed E-state index contributed by atoms with van der Waals surface area (Å²) in [6, 6.07) is 11.9. The first-order valence-electron chi connectivity index (χ1n) is 9.11. The molecule has 7 heteroatoms. The van der Waals surface area contributed by atoms with Gasteiger partial charge in [0.05, 0.1) is 11.3 Å². The van der Waals surface area contributed by atoms with E-state index in [0.717, 1.165) is 29.7 Å². The highest BCUT2D eigenvalue weighted by molar-refractivity contribution is 5.95. The van der Waals surface area contributed by atoms with E-state index in [-0.39, 0.29) is 17.4 Å². The fraction of sp³-hybridized carbons (Fsp3) is 0.238. The number of halogens is 1. The summed E-state index contributed by atoms with van der Waals surface area (Å²) in [4.78, 5) is 18.7. The van der Waals surface area contributed by atoms with Crippen molar-refractivity contribution in [2.24, 2.45) is 5.92 Å². The number of benzene rings is 1. The molecular formula is C21H18FN5O. The van der Waals surface area contributed by atoms with Crippen molar-refractivity contribution >= 4 is 11.7 Å². The van der Waals surface area contributed by atoms with Crippen molar-refractivity contribution in [3.8, 4) is 17.3 Å². The van der Waals surface area contributed by atoms with Crippen molar-refractivity contribution in [3.05, 3.63) is 65.7 Å². The van der Waals surface area contributed by atoms with Crippen LogP contribution in [-0.2, 0) is 11.2 Å². The van der Waals surface area contributed by atoms with Gasteiger partial charge in [0.2, 0.25) is 5.91 Å². The summed E-state index contributed by atoms with van der Waals surface area (Å²) in [6.07, 6.45) is 5.45. The number of nitrogens with one attached hydrogen (secondary N) is 1. The number of carbonyl (C=O) groups is 1. The fourth-order valence-corrected chi connectivity index (χ4v) is 3.56. The molecule has 0 unspecified atom stereocenters. The molecule has 1 fully saturated rings. The summed E-state index contributed by atoms with van der Waals surface area (Å²) >= 11 is 0. The quantitative estimate of drug-likeness (QED) is 0.757. The Bertz CT molecular complexity index is 1040. The number of hydrogen-bond donors (Lipinski definition) is 1. The Balaban J connectivity index is 1.51. The maximum absolute atomic E-state index is 13.9. The number of anilines is 1. The summed E-state index contributed by atoms with van der Waals surface area (Å²) in [5.41, 5.74) is 2.50. The molecule has 1 aliphatic rings. The Kier molecular flexibility index (Phi) is 4.85. The average Bonchev–Trinajstić information content (AvgIpc) is 3.20. The molecule has 0 saturated carbocycles. The molecule has 3 aromatic rings. The van der Waals surface area contributed by atoms with Gasteiger partial charge >= 0.3 is 0 Å². The monoisotopic (exact) mass is 375 g/mol. The Morgan fingerprint density at radius 2 is 2.07 bits per heavy atom. The molecule has 4 rings (SSSR count). The number of aromatic amines is 1. The van der Waals surface area contributed by atoms with E-state index in [0.29, 0.717) is 18.8 Å². The highest BCUT2D eigenvalue weighted by Crippen LogP contribution is 2.28. The van der Waals surface area contributed by atoms with Gasteiger partial charge < -0.3 is 0 Å². The van der Waals surface area contributed by atoms with Crippen LogP contribution in [0.15, 0.2) is 48.8 Å². The summed E-state index contributed by atoms with van der Waals surface area (Å²) in [7, 11) is 0. The molecule has 0 aliphatic carbocycles. The first-order chi connectivity index (χ1) is 13.7. The lowest BCUT2D eigenvalue weighted by Crippen LogP contribution is -2.42. The molecule has 1 amide bonds. The lowest BCUT2D eigenvalue weighted by Gasteiger charge is -2.30. The van der Waals surface area contributed by atoms with Gasteiger partial charge in [-0.15, -0.1) is 0 Å². The van der Waals surface area contributed by atoms with E-state index in [1.807, 2.05) is 24.3 Å². The third-order valence-electron chi connectivity index (χ3n) is 5.02. The molecule has 1 aliphatic heterocycles. The van der Waals surface area contributed by atoms with E-state index < -0.39 is 5.82 Å². The summed E-state index contributed by atoms with van der Waals surface area (Å²) < 4.78 is 13.9. The minimum atomic E-state index is -0.547. The molecule has 28 heavy (non-hydrogen) atoms. The van der Waals surface area contributed by atoms with Crippen LogP contribution in [0, 0.1) is 23.1 Å². The predicted molar refractivity (Wildman–Crippen MR) is 102 cm³/mol. The van der Waals surface area contributed by atoms with Crippen LogP contribution in [-0.4, -0.2) is 27.6 Å². The first kappa shape index (κ1) is 17.9. The molecular weight excluding hydrogens is 357 g/mol. The van der Waals surface area contributed by atoms with Gasteiger partial charge in [-0.25, -0.2) is 4.39 Å². The third-order valence-corrected chi connectivity index (χ3v) is 5.02. The zero-order valence-corrected chi connectivity index (χ0v) is 15.1. The highest BCUT2D eigenvalue weighted by Gasteiger charge is 2.31. The maximum Gasteiger partial charge on any atom is 0.231 e. The Hall–Kier alpha value is -3.53. The van der Waals surface area contributed by atoms with Crippen LogP contribution in [0.5, 0.6) is 0 Å². The zero-order chi connectivity index (χ0) is 19.5. The van der Waals surface area contributed by atoms with Crippen molar-refractivity contribution in [2.45, 2.75) is 19.3 Å². The van der Waals surface area contributed by atoms with Gasteiger partial charge in [0, 0.05) is 36.5 Å². The SMILES string of the molecule is N#Cc1ccc(C[C@H]2CCCN(c3cc(-c4ccncc4)[nH]n3)C2=O)cc1F. The Morgan fingerprint density at radius 1 is 1.25 bits per heavy atom. The number of carbonyl (C=O) groups excluding carboxylic acids is 1. The van der Waals surface area contributed by atoms with E-state index in [1.54, 1.807) is 23.4 Å². The zero-order valence-electron chi connectivity index (χ0n) is 15.1. The number of aromatic nitrogens is 3. The molecule has 2 aromatic heterocycles. The normalized spacial score (nSPS) is 16.8. The van der Waals surface area contributed by atoms with E-state index in [9.17, 15) is 9.18 Å². The van der Waals surface area contributed by atoms with Gasteiger partial charge in [-0.3, -0.25) is 19.8 Å². The molecule has 1 atom stereocenters. The molecule has 0 spiro atoms. The fourth-order valence-electron chi connectivity index (χ4n) is 3.56. The molecule has 0 radical (unpaired) electrons. The van der Waals surface area contributed by atoms with Gasteiger partial charge in [-0.1, -0.05) is 6.07 Å². The third kappa shape index (κ3) is 3.49. The minimum Gasteiger partial charge on any atom is -0.295 e. The van der Waals surface area contributed by atoms with E-state index in [1.165, 1.54) is 12.1 Å². The standard InChI is InChI=1S/C21H18FN5O/c22-18-11-14(3-4-17(18)13-23)10-16-2-1-9-27(21(16)28)20-12-19(25-26-20)15-5-7-24-8-6-15/h3-8,11-12,16H,1-2,9-10H2,(H,25,26)/t16-/m1/s1. The van der Waals surface area contributed by atoms with E-state index in [2.05, 4.69) is 15.2 Å². The van der Waals surface area contributed by atoms with E-state index in [4.69, 9.17) is 5.26 Å². The van der Waals surface area contributed by atoms with Crippen molar-refractivity contribution < 1.29 is 9.18 Å². The van der Waals surface area contributed by atoms with Gasteiger partial charge in [0.25, 0.3) is 0 Å². The van der Waals surface area contributed by atoms with Crippen molar-refractivity contribution in [1.29, 1.82) is 5.26 Å². The number of H-pyrrole nitrogens is 1. The number of piperidine rings is 1. The molecule has 140 valence electrons. The second-order valence-electron chi connectivity index (χ2n) is 6.83. The number of amides is 1. The van der Waals surface area contributed by atoms with Gasteiger partial charge in [0.15, 0.2) is 5.82 Å². The average molecular weight is 375 g/mol.